The maximum atomic E-state index is 13.6. The molecule has 1 amide bonds. The minimum atomic E-state index is -2.81. The Morgan fingerprint density at radius 2 is 1.67 bits per heavy atom. The van der Waals surface area contributed by atoms with Crippen molar-refractivity contribution in [2.45, 2.75) is 89.1 Å². The number of rotatable bonds is 11. The molecule has 0 aromatic heterocycles. The van der Waals surface area contributed by atoms with E-state index in [1.54, 1.807) is 24.3 Å². The van der Waals surface area contributed by atoms with Crippen molar-refractivity contribution in [1.29, 1.82) is 0 Å². The van der Waals surface area contributed by atoms with Crippen LogP contribution in [0.5, 0.6) is 5.75 Å². The molecule has 7 atom stereocenters. The summed E-state index contributed by atoms with van der Waals surface area (Å²) < 4.78 is 36.7. The first-order chi connectivity index (χ1) is 21.1. The second-order valence-corrected chi connectivity index (χ2v) is 10.4. The van der Waals surface area contributed by atoms with Gasteiger partial charge >= 0.3 is 35.8 Å². The van der Waals surface area contributed by atoms with Gasteiger partial charge in [0.1, 0.15) is 24.6 Å². The first-order valence-electron chi connectivity index (χ1n) is 13.9. The summed E-state index contributed by atoms with van der Waals surface area (Å²) in [6, 6.07) is 5.17. The van der Waals surface area contributed by atoms with E-state index in [9.17, 15) is 38.7 Å². The van der Waals surface area contributed by atoms with E-state index in [4.69, 9.17) is 28.4 Å². The Kier molecular flexibility index (Phi) is 11.6. The Balaban J connectivity index is 2.07. The molecule has 1 saturated heterocycles. The van der Waals surface area contributed by atoms with Gasteiger partial charge in [-0.3, -0.25) is 28.8 Å². The highest BCUT2D eigenvalue weighted by Crippen LogP contribution is 2.37. The quantitative estimate of drug-likeness (QED) is 0.185. The maximum Gasteiger partial charge on any atom is 0.366 e. The van der Waals surface area contributed by atoms with Crippen molar-refractivity contribution in [3.05, 3.63) is 29.8 Å². The van der Waals surface area contributed by atoms with Crippen molar-refractivity contribution in [2.24, 2.45) is 0 Å². The van der Waals surface area contributed by atoms with E-state index in [2.05, 4.69) is 10.1 Å². The largest absolute Gasteiger partial charge is 0.465 e. The van der Waals surface area contributed by atoms with Crippen molar-refractivity contribution in [3.63, 3.8) is 0 Å². The minimum Gasteiger partial charge on any atom is -0.465 e. The van der Waals surface area contributed by atoms with Crippen LogP contribution in [0.15, 0.2) is 24.3 Å². The number of benzene rings is 1. The first-order valence-corrected chi connectivity index (χ1v) is 13.9. The molecule has 1 aromatic carbocycles. The summed E-state index contributed by atoms with van der Waals surface area (Å²) in [6.45, 7) is 3.44. The highest BCUT2D eigenvalue weighted by molar-refractivity contribution is 5.82. The number of aliphatic hydroxyl groups is 1. The summed E-state index contributed by atoms with van der Waals surface area (Å²) in [5, 5.41) is 13.9. The van der Waals surface area contributed by atoms with Crippen molar-refractivity contribution in [1.82, 2.24) is 5.32 Å². The highest BCUT2D eigenvalue weighted by Gasteiger charge is 2.58. The number of nitrogens with one attached hydrogen (secondary N) is 1. The van der Waals surface area contributed by atoms with Crippen molar-refractivity contribution in [2.75, 3.05) is 13.7 Å². The summed E-state index contributed by atoms with van der Waals surface area (Å²) in [5.41, 5.74) is 0.592. The molecular weight excluding hydrogens is 602 g/mol. The Hall–Kier alpha value is -4.57. The van der Waals surface area contributed by atoms with Crippen molar-refractivity contribution < 1.29 is 71.8 Å². The highest BCUT2D eigenvalue weighted by atomic mass is 16.7. The molecule has 16 heteroatoms. The molecule has 0 radical (unpaired) electrons. The summed E-state index contributed by atoms with van der Waals surface area (Å²) >= 11 is 0. The lowest BCUT2D eigenvalue weighted by Gasteiger charge is -2.47. The van der Waals surface area contributed by atoms with E-state index in [1.165, 1.54) is 0 Å². The molecular formula is C29H35NO15. The second kappa shape index (κ2) is 14.9. The molecule has 2 heterocycles. The van der Waals surface area contributed by atoms with Crippen LogP contribution in [-0.2, 0) is 62.0 Å². The Bertz CT molecular complexity index is 1330. The van der Waals surface area contributed by atoms with Gasteiger partial charge in [0.25, 0.3) is 5.79 Å². The zero-order valence-corrected chi connectivity index (χ0v) is 25.3. The molecule has 0 saturated carbocycles. The Labute approximate surface area is 257 Å². The smallest absolute Gasteiger partial charge is 0.366 e. The molecule has 0 bridgehead atoms. The molecule has 1 aromatic rings. The van der Waals surface area contributed by atoms with Gasteiger partial charge in [-0.25, -0.2) is 4.79 Å². The number of esters is 6. The summed E-state index contributed by atoms with van der Waals surface area (Å²) in [6.07, 6.45) is -7.81. The van der Waals surface area contributed by atoms with Crippen LogP contribution in [0.3, 0.4) is 0 Å². The van der Waals surface area contributed by atoms with Crippen LogP contribution >= 0.6 is 0 Å². The molecule has 1 fully saturated rings. The number of amides is 1. The number of carbonyl (C=O) groups excluding carboxylic acids is 7. The predicted octanol–water partition coefficient (Wildman–Crippen LogP) is -0.0371. The molecule has 0 spiro atoms. The number of methoxy groups -OCH3 is 1. The van der Waals surface area contributed by atoms with E-state index in [1.807, 2.05) is 0 Å². The zero-order chi connectivity index (χ0) is 33.5. The molecule has 2 N–H and O–H groups in total. The fourth-order valence-corrected chi connectivity index (χ4v) is 5.21. The third-order valence-electron chi connectivity index (χ3n) is 6.90. The lowest BCUT2D eigenvalue weighted by Crippen LogP contribution is -2.69. The number of fused-ring (bicyclic) bond motifs is 1. The number of carbonyl (C=O) groups is 7. The van der Waals surface area contributed by atoms with Gasteiger partial charge in [-0.2, -0.15) is 0 Å². The molecule has 3 rings (SSSR count). The normalized spacial score (nSPS) is 25.2. The van der Waals surface area contributed by atoms with Crippen molar-refractivity contribution in [3.8, 4) is 5.75 Å². The van der Waals surface area contributed by atoms with Crippen LogP contribution in [0.4, 0.5) is 0 Å². The monoisotopic (exact) mass is 637 g/mol. The van der Waals surface area contributed by atoms with Crippen LogP contribution in [0.1, 0.15) is 58.4 Å². The van der Waals surface area contributed by atoms with Crippen molar-refractivity contribution >= 4 is 41.7 Å². The number of ether oxygens (including phenoxy) is 7. The Morgan fingerprint density at radius 3 is 2.27 bits per heavy atom. The fourth-order valence-electron chi connectivity index (χ4n) is 5.21. The van der Waals surface area contributed by atoms with Gasteiger partial charge in [0.05, 0.1) is 26.0 Å². The van der Waals surface area contributed by atoms with Crippen LogP contribution in [-0.4, -0.2) is 96.8 Å². The van der Waals surface area contributed by atoms with E-state index in [-0.39, 0.29) is 18.6 Å². The average molecular weight is 638 g/mol. The molecule has 246 valence electrons. The maximum absolute atomic E-state index is 13.6. The third-order valence-corrected chi connectivity index (χ3v) is 6.90. The van der Waals surface area contributed by atoms with Gasteiger partial charge < -0.3 is 43.6 Å². The van der Waals surface area contributed by atoms with Crippen LogP contribution in [0.2, 0.25) is 0 Å². The minimum absolute atomic E-state index is 0.128. The fraction of sp³-hybridized carbons (Fsp3) is 0.552. The SMILES string of the molecule is COC(=O)C1(O)CC(OC(C)=O)C(NC(=O)CC2CC(=O)Oc3ccccc32)C([C@H](OC(C)=O)[C@@H](COC(C)=O)OC(C)=O)O1. The first kappa shape index (κ1) is 34.9. The summed E-state index contributed by atoms with van der Waals surface area (Å²) in [7, 11) is 0.951. The van der Waals surface area contributed by atoms with Gasteiger partial charge in [0.15, 0.2) is 12.2 Å². The molecule has 45 heavy (non-hydrogen) atoms. The van der Waals surface area contributed by atoms with Gasteiger partial charge in [-0.15, -0.1) is 0 Å². The number of hydrogen-bond acceptors (Lipinski definition) is 15. The van der Waals surface area contributed by atoms with Gasteiger partial charge in [0, 0.05) is 40.0 Å². The standard InChI is InChI=1S/C29H35NO15/c1-14(31)40-13-22(42-16(3)33)26(43-17(4)34)27-25(21(41-15(2)32)12-29(38,45-27)28(37)39-5)30-23(35)10-18-11-24(36)44-20-9-7-6-8-19(18)20/h6-9,18,21-22,25-27,38H,10-13H2,1-5H3,(H,30,35)/t18?,21?,22-,25?,26-,27?,29?/m1/s1. The van der Waals surface area contributed by atoms with Crippen LogP contribution in [0, 0.1) is 0 Å². The van der Waals surface area contributed by atoms with Gasteiger partial charge in [-0.05, 0) is 11.6 Å². The molecule has 2 aliphatic heterocycles. The molecule has 5 unspecified atom stereocenters. The topological polar surface area (TPSA) is 216 Å². The molecule has 0 aliphatic carbocycles. The zero-order valence-electron chi connectivity index (χ0n) is 25.3. The van der Waals surface area contributed by atoms with E-state index < -0.39 is 96.9 Å². The lowest BCUT2D eigenvalue weighted by molar-refractivity contribution is -0.299. The Morgan fingerprint density at radius 1 is 1.00 bits per heavy atom. The summed E-state index contributed by atoms with van der Waals surface area (Å²) in [4.78, 5) is 86.6. The molecule has 2 aliphatic rings. The number of para-hydroxylation sites is 1. The van der Waals surface area contributed by atoms with E-state index in [0.29, 0.717) is 5.56 Å². The predicted molar refractivity (Wildman–Crippen MR) is 146 cm³/mol. The third kappa shape index (κ3) is 9.21. The average Bonchev–Trinajstić information content (AvgIpc) is 2.94. The van der Waals surface area contributed by atoms with E-state index in [0.717, 1.165) is 34.8 Å². The summed E-state index contributed by atoms with van der Waals surface area (Å²) in [5.74, 6) is -9.25. The van der Waals surface area contributed by atoms with Gasteiger partial charge in [-0.1, -0.05) is 18.2 Å². The second-order valence-electron chi connectivity index (χ2n) is 10.4. The number of hydrogen-bond donors (Lipinski definition) is 2. The lowest BCUT2D eigenvalue weighted by atomic mass is 9.86. The van der Waals surface area contributed by atoms with Crippen LogP contribution < -0.4 is 10.1 Å². The van der Waals surface area contributed by atoms with E-state index >= 15 is 0 Å². The molecule has 16 nitrogen and oxygen atoms in total. The van der Waals surface area contributed by atoms with Gasteiger partial charge in [0.2, 0.25) is 5.91 Å². The van der Waals surface area contributed by atoms with Crippen LogP contribution in [0.25, 0.3) is 0 Å².